The molecule has 2 N–H and O–H groups in total. The third kappa shape index (κ3) is 7.65. The fraction of sp³-hybridized carbons (Fsp3) is 0.765. The molecule has 24 heavy (non-hydrogen) atoms. The van der Waals surface area contributed by atoms with Gasteiger partial charge in [0.25, 0.3) is 0 Å². The van der Waals surface area contributed by atoms with Crippen molar-refractivity contribution in [1.82, 2.24) is 20.5 Å². The Hall–Kier alpha value is -0.410. The summed E-state index contributed by atoms with van der Waals surface area (Å²) in [7, 11) is 1.83. The summed E-state index contributed by atoms with van der Waals surface area (Å²) in [6.07, 6.45) is 6.43. The number of rotatable bonds is 6. The molecular weight excluding hydrogens is 433 g/mol. The lowest BCUT2D eigenvalue weighted by Crippen LogP contribution is -2.42. The van der Waals surface area contributed by atoms with E-state index in [0.29, 0.717) is 0 Å². The summed E-state index contributed by atoms with van der Waals surface area (Å²) in [4.78, 5) is 12.8. The quantitative estimate of drug-likeness (QED) is 0.386. The average Bonchev–Trinajstić information content (AvgIpc) is 2.74. The predicted octanol–water partition coefficient (Wildman–Crippen LogP) is 2.96. The van der Waals surface area contributed by atoms with Crippen LogP contribution in [0, 0.1) is 13.8 Å². The van der Waals surface area contributed by atoms with E-state index in [1.54, 1.807) is 11.3 Å². The molecule has 2 heterocycles. The van der Waals surface area contributed by atoms with Gasteiger partial charge in [0.1, 0.15) is 0 Å². The predicted molar refractivity (Wildman–Crippen MR) is 115 cm³/mol. The minimum absolute atomic E-state index is 0. The van der Waals surface area contributed by atoms with Crippen LogP contribution in [0.2, 0.25) is 0 Å². The number of aliphatic imine (C=N–C) groups is 1. The molecule has 0 aromatic carbocycles. The topological polar surface area (TPSA) is 52.6 Å². The third-order valence-electron chi connectivity index (χ3n) is 4.35. The molecule has 0 atom stereocenters. The van der Waals surface area contributed by atoms with Gasteiger partial charge in [-0.15, -0.1) is 35.3 Å². The first-order valence-corrected chi connectivity index (χ1v) is 9.60. The summed E-state index contributed by atoms with van der Waals surface area (Å²) in [5.74, 6) is 0.893. The van der Waals surface area contributed by atoms with Crippen LogP contribution in [-0.4, -0.2) is 55.6 Å². The Morgan fingerprint density at radius 1 is 1.12 bits per heavy atom. The second kappa shape index (κ2) is 12.0. The highest BCUT2D eigenvalue weighted by Crippen LogP contribution is 2.16. The molecule has 5 nitrogen and oxygen atoms in total. The SMILES string of the molecule is CN=C(NCCc1nc(C)c(C)s1)NCCN1CCCCCC1.I. The van der Waals surface area contributed by atoms with Gasteiger partial charge >= 0.3 is 0 Å². The van der Waals surface area contributed by atoms with Gasteiger partial charge in [-0.1, -0.05) is 12.8 Å². The number of thiazole rings is 1. The van der Waals surface area contributed by atoms with Crippen LogP contribution in [-0.2, 0) is 6.42 Å². The largest absolute Gasteiger partial charge is 0.356 e. The first kappa shape index (κ1) is 21.6. The molecule has 0 spiro atoms. The van der Waals surface area contributed by atoms with Gasteiger partial charge in [-0.25, -0.2) is 4.98 Å². The van der Waals surface area contributed by atoms with Gasteiger partial charge in [0.2, 0.25) is 0 Å². The highest BCUT2D eigenvalue weighted by molar-refractivity contribution is 14.0. The van der Waals surface area contributed by atoms with Gasteiger partial charge in [0.05, 0.1) is 10.7 Å². The maximum Gasteiger partial charge on any atom is 0.191 e. The third-order valence-corrected chi connectivity index (χ3v) is 5.48. The Balaban J connectivity index is 0.00000288. The van der Waals surface area contributed by atoms with Gasteiger partial charge in [0.15, 0.2) is 5.96 Å². The van der Waals surface area contributed by atoms with Gasteiger partial charge in [-0.2, -0.15) is 0 Å². The Kier molecular flexibility index (Phi) is 10.8. The van der Waals surface area contributed by atoms with Crippen LogP contribution in [0.1, 0.15) is 41.3 Å². The molecule has 0 bridgehead atoms. The normalized spacial score (nSPS) is 16.4. The number of nitrogens with one attached hydrogen (secondary N) is 2. The zero-order chi connectivity index (χ0) is 16.5. The molecule has 1 aromatic heterocycles. The van der Waals surface area contributed by atoms with Gasteiger partial charge in [0, 0.05) is 38.0 Å². The van der Waals surface area contributed by atoms with Gasteiger partial charge < -0.3 is 15.5 Å². The molecule has 2 rings (SSSR count). The summed E-state index contributed by atoms with van der Waals surface area (Å²) < 4.78 is 0. The first-order chi connectivity index (χ1) is 11.2. The van der Waals surface area contributed by atoms with Crippen LogP contribution < -0.4 is 10.6 Å². The summed E-state index contributed by atoms with van der Waals surface area (Å²) in [6.45, 7) is 9.63. The molecule has 1 aromatic rings. The molecule has 138 valence electrons. The second-order valence-electron chi connectivity index (χ2n) is 6.18. The molecule has 0 amide bonds. The van der Waals surface area contributed by atoms with Crippen LogP contribution in [0.15, 0.2) is 4.99 Å². The smallest absolute Gasteiger partial charge is 0.191 e. The molecule has 0 saturated carbocycles. The number of aromatic nitrogens is 1. The number of aryl methyl sites for hydroxylation is 2. The molecule has 0 radical (unpaired) electrons. The maximum absolute atomic E-state index is 4.58. The molecule has 7 heteroatoms. The lowest BCUT2D eigenvalue weighted by atomic mass is 10.2. The van der Waals surface area contributed by atoms with Gasteiger partial charge in [-0.3, -0.25) is 4.99 Å². The van der Waals surface area contributed by atoms with Crippen LogP contribution >= 0.6 is 35.3 Å². The average molecular weight is 465 g/mol. The lowest BCUT2D eigenvalue weighted by Gasteiger charge is -2.20. The van der Waals surface area contributed by atoms with E-state index in [0.717, 1.165) is 37.7 Å². The van der Waals surface area contributed by atoms with E-state index in [2.05, 4.69) is 39.4 Å². The zero-order valence-electron chi connectivity index (χ0n) is 15.2. The summed E-state index contributed by atoms with van der Waals surface area (Å²) in [5.41, 5.74) is 1.16. The highest BCUT2D eigenvalue weighted by Gasteiger charge is 2.08. The molecular formula is C17H32IN5S. The summed E-state index contributed by atoms with van der Waals surface area (Å²) in [6, 6.07) is 0. The van der Waals surface area contributed by atoms with Gasteiger partial charge in [-0.05, 0) is 39.8 Å². The fourth-order valence-electron chi connectivity index (χ4n) is 2.85. The fourth-order valence-corrected chi connectivity index (χ4v) is 3.78. The minimum Gasteiger partial charge on any atom is -0.356 e. The Bertz CT molecular complexity index is 476. The van der Waals surface area contributed by atoms with Crippen LogP contribution in [0.5, 0.6) is 0 Å². The molecule has 0 aliphatic carbocycles. The molecule has 1 aliphatic heterocycles. The number of hydrogen-bond donors (Lipinski definition) is 2. The van der Waals surface area contributed by atoms with E-state index in [-0.39, 0.29) is 24.0 Å². The van der Waals surface area contributed by atoms with Crippen molar-refractivity contribution >= 4 is 41.3 Å². The molecule has 1 fully saturated rings. The minimum atomic E-state index is 0. The standard InChI is InChI=1S/C17H31N5S.HI/c1-14-15(2)23-16(21-14)8-9-19-17(18-3)20-10-13-22-11-6-4-5-7-12-22;/h4-13H2,1-3H3,(H2,18,19,20);1H. The Morgan fingerprint density at radius 2 is 1.79 bits per heavy atom. The first-order valence-electron chi connectivity index (χ1n) is 8.79. The van der Waals surface area contributed by atoms with E-state index in [1.165, 1.54) is 48.7 Å². The highest BCUT2D eigenvalue weighted by atomic mass is 127. The van der Waals surface area contributed by atoms with Crippen molar-refractivity contribution in [2.24, 2.45) is 4.99 Å². The summed E-state index contributed by atoms with van der Waals surface area (Å²) >= 11 is 1.79. The number of guanidine groups is 1. The van der Waals surface area contributed by atoms with Crippen molar-refractivity contribution in [3.05, 3.63) is 15.6 Å². The van der Waals surface area contributed by atoms with Crippen LogP contribution in [0.4, 0.5) is 0 Å². The Morgan fingerprint density at radius 3 is 2.38 bits per heavy atom. The molecule has 1 aliphatic rings. The van der Waals surface area contributed by atoms with Crippen molar-refractivity contribution in [1.29, 1.82) is 0 Å². The van der Waals surface area contributed by atoms with Crippen molar-refractivity contribution < 1.29 is 0 Å². The summed E-state index contributed by atoms with van der Waals surface area (Å²) in [5, 5.41) is 8.01. The molecule has 1 saturated heterocycles. The van der Waals surface area contributed by atoms with Crippen molar-refractivity contribution in [3.8, 4) is 0 Å². The van der Waals surface area contributed by atoms with Crippen molar-refractivity contribution in [2.45, 2.75) is 46.0 Å². The van der Waals surface area contributed by atoms with E-state index < -0.39 is 0 Å². The van der Waals surface area contributed by atoms with E-state index in [4.69, 9.17) is 0 Å². The van der Waals surface area contributed by atoms with Crippen LogP contribution in [0.25, 0.3) is 0 Å². The Labute approximate surface area is 167 Å². The number of halogens is 1. The lowest BCUT2D eigenvalue weighted by molar-refractivity contribution is 0.289. The van der Waals surface area contributed by atoms with E-state index in [1.807, 2.05) is 7.05 Å². The zero-order valence-corrected chi connectivity index (χ0v) is 18.4. The number of likely N-dealkylation sites (tertiary alicyclic amines) is 1. The maximum atomic E-state index is 4.58. The van der Waals surface area contributed by atoms with E-state index >= 15 is 0 Å². The van der Waals surface area contributed by atoms with Crippen molar-refractivity contribution in [3.63, 3.8) is 0 Å². The number of hydrogen-bond acceptors (Lipinski definition) is 4. The second-order valence-corrected chi connectivity index (χ2v) is 7.47. The molecule has 0 unspecified atom stereocenters. The van der Waals surface area contributed by atoms with Crippen LogP contribution in [0.3, 0.4) is 0 Å². The monoisotopic (exact) mass is 465 g/mol. The van der Waals surface area contributed by atoms with Crippen molar-refractivity contribution in [2.75, 3.05) is 39.8 Å². The number of nitrogens with zero attached hydrogens (tertiary/aromatic N) is 3. The van der Waals surface area contributed by atoms with E-state index in [9.17, 15) is 0 Å².